The van der Waals surface area contributed by atoms with Crippen molar-refractivity contribution in [1.29, 1.82) is 0 Å². The number of carbonyl (C=O) groups excluding carboxylic acids is 1. The lowest BCUT2D eigenvalue weighted by molar-refractivity contribution is -0.148. The Kier molecular flexibility index (Phi) is 5.61. The van der Waals surface area contributed by atoms with E-state index in [9.17, 15) is 4.79 Å². The highest BCUT2D eigenvalue weighted by atomic mass is 16.6. The largest absolute Gasteiger partial charge is 0.494 e. The highest BCUT2D eigenvalue weighted by Crippen LogP contribution is 2.14. The molecule has 0 aliphatic rings. The zero-order valence-electron chi connectivity index (χ0n) is 12.1. The third-order valence-corrected chi connectivity index (χ3v) is 2.17. The van der Waals surface area contributed by atoms with Gasteiger partial charge >= 0.3 is 5.97 Å². The maximum Gasteiger partial charge on any atom is 0.331 e. The van der Waals surface area contributed by atoms with Crippen molar-refractivity contribution in [3.05, 3.63) is 35.9 Å². The van der Waals surface area contributed by atoms with Crippen LogP contribution >= 0.6 is 0 Å². The molecule has 0 spiro atoms. The summed E-state index contributed by atoms with van der Waals surface area (Å²) >= 11 is 0. The fraction of sp³-hybridized carbons (Fsp3) is 0.438. The van der Waals surface area contributed by atoms with Crippen LogP contribution in [0.2, 0.25) is 0 Å². The van der Waals surface area contributed by atoms with Crippen LogP contribution in [-0.4, -0.2) is 18.2 Å². The van der Waals surface area contributed by atoms with Gasteiger partial charge in [-0.25, -0.2) is 4.79 Å². The topological polar surface area (TPSA) is 35.5 Å². The smallest absolute Gasteiger partial charge is 0.331 e. The molecule has 0 aromatic heterocycles. The van der Waals surface area contributed by atoms with Gasteiger partial charge in [0.2, 0.25) is 0 Å². The van der Waals surface area contributed by atoms with Gasteiger partial charge in [-0.15, -0.1) is 0 Å². The van der Waals surface area contributed by atoms with E-state index in [0.29, 0.717) is 6.61 Å². The van der Waals surface area contributed by atoms with Gasteiger partial charge in [-0.3, -0.25) is 0 Å². The van der Waals surface area contributed by atoms with Crippen LogP contribution < -0.4 is 4.74 Å². The minimum atomic E-state index is -0.459. The molecule has 104 valence electrons. The van der Waals surface area contributed by atoms with Gasteiger partial charge in [-0.2, -0.15) is 0 Å². The molecule has 19 heavy (non-hydrogen) atoms. The summed E-state index contributed by atoms with van der Waals surface area (Å²) in [5.74, 6) is 0.509. The SMILES string of the molecule is CCCOc1ccc(/C=C/C(=O)OC(C)(C)C)cc1. The van der Waals surface area contributed by atoms with E-state index in [1.54, 1.807) is 6.08 Å². The van der Waals surface area contributed by atoms with E-state index in [4.69, 9.17) is 9.47 Å². The molecule has 0 unspecified atom stereocenters. The molecule has 0 aliphatic heterocycles. The second-order valence-corrected chi connectivity index (χ2v) is 5.28. The molecular formula is C16H22O3. The predicted molar refractivity (Wildman–Crippen MR) is 77.1 cm³/mol. The van der Waals surface area contributed by atoms with Crippen molar-refractivity contribution < 1.29 is 14.3 Å². The summed E-state index contributed by atoms with van der Waals surface area (Å²) in [5.41, 5.74) is 0.480. The third-order valence-electron chi connectivity index (χ3n) is 2.17. The summed E-state index contributed by atoms with van der Waals surface area (Å²) < 4.78 is 10.7. The van der Waals surface area contributed by atoms with Gasteiger partial charge in [0, 0.05) is 6.08 Å². The Morgan fingerprint density at radius 3 is 2.37 bits per heavy atom. The maximum absolute atomic E-state index is 11.5. The summed E-state index contributed by atoms with van der Waals surface area (Å²) in [6, 6.07) is 7.60. The molecule has 0 amide bonds. The lowest BCUT2D eigenvalue weighted by atomic mass is 10.2. The molecule has 0 saturated carbocycles. The first-order chi connectivity index (χ1) is 8.90. The minimum Gasteiger partial charge on any atom is -0.494 e. The molecule has 3 nitrogen and oxygen atoms in total. The third kappa shape index (κ3) is 6.65. The second kappa shape index (κ2) is 6.98. The van der Waals surface area contributed by atoms with Crippen LogP contribution in [0.1, 0.15) is 39.7 Å². The molecule has 0 aliphatic carbocycles. The second-order valence-electron chi connectivity index (χ2n) is 5.28. The monoisotopic (exact) mass is 262 g/mol. The van der Waals surface area contributed by atoms with Crippen molar-refractivity contribution in [2.24, 2.45) is 0 Å². The number of esters is 1. The van der Waals surface area contributed by atoms with Gasteiger partial charge in [0.25, 0.3) is 0 Å². The maximum atomic E-state index is 11.5. The molecular weight excluding hydrogens is 240 g/mol. The standard InChI is InChI=1S/C16H22O3/c1-5-12-18-14-9-6-13(7-10-14)8-11-15(17)19-16(2,3)4/h6-11H,5,12H2,1-4H3/b11-8+. The van der Waals surface area contributed by atoms with Gasteiger partial charge in [-0.1, -0.05) is 19.1 Å². The van der Waals surface area contributed by atoms with Crippen LogP contribution in [0, 0.1) is 0 Å². The first-order valence-electron chi connectivity index (χ1n) is 6.54. The highest BCUT2D eigenvalue weighted by Gasteiger charge is 2.13. The summed E-state index contributed by atoms with van der Waals surface area (Å²) in [5, 5.41) is 0. The summed E-state index contributed by atoms with van der Waals surface area (Å²) in [6.45, 7) is 8.32. The Bertz CT molecular complexity index is 424. The summed E-state index contributed by atoms with van der Waals surface area (Å²) in [6.07, 6.45) is 4.16. The quantitative estimate of drug-likeness (QED) is 0.597. The van der Waals surface area contributed by atoms with E-state index in [-0.39, 0.29) is 5.97 Å². The number of benzene rings is 1. The van der Waals surface area contributed by atoms with Gasteiger partial charge in [0.1, 0.15) is 11.4 Å². The highest BCUT2D eigenvalue weighted by molar-refractivity contribution is 5.87. The summed E-state index contributed by atoms with van der Waals surface area (Å²) in [4.78, 5) is 11.5. The molecule has 0 saturated heterocycles. The molecule has 0 N–H and O–H groups in total. The fourth-order valence-corrected chi connectivity index (χ4v) is 1.40. The van der Waals surface area contributed by atoms with Crippen molar-refractivity contribution in [3.8, 4) is 5.75 Å². The normalized spacial score (nSPS) is 11.6. The summed E-state index contributed by atoms with van der Waals surface area (Å²) in [7, 11) is 0. The zero-order chi connectivity index (χ0) is 14.3. The molecule has 0 bridgehead atoms. The van der Waals surface area contributed by atoms with E-state index in [1.807, 2.05) is 45.0 Å². The van der Waals surface area contributed by atoms with E-state index < -0.39 is 5.60 Å². The molecule has 1 rings (SSSR count). The molecule has 3 heteroatoms. The molecule has 0 fully saturated rings. The predicted octanol–water partition coefficient (Wildman–Crippen LogP) is 3.83. The first-order valence-corrected chi connectivity index (χ1v) is 6.54. The lowest BCUT2D eigenvalue weighted by Crippen LogP contribution is -2.22. The van der Waals surface area contributed by atoms with Gasteiger partial charge in [0.05, 0.1) is 6.61 Å². The Morgan fingerprint density at radius 2 is 1.84 bits per heavy atom. The average Bonchev–Trinajstić information content (AvgIpc) is 2.33. The number of hydrogen-bond donors (Lipinski definition) is 0. The van der Waals surface area contributed by atoms with Crippen molar-refractivity contribution in [2.45, 2.75) is 39.7 Å². The number of hydrogen-bond acceptors (Lipinski definition) is 3. The zero-order valence-corrected chi connectivity index (χ0v) is 12.1. The Morgan fingerprint density at radius 1 is 1.21 bits per heavy atom. The van der Waals surface area contributed by atoms with Crippen LogP contribution in [0.3, 0.4) is 0 Å². The van der Waals surface area contributed by atoms with Gasteiger partial charge < -0.3 is 9.47 Å². The number of carbonyl (C=O) groups is 1. The van der Waals surface area contributed by atoms with Gasteiger partial charge in [-0.05, 0) is 51.0 Å². The van der Waals surface area contributed by atoms with Crippen LogP contribution in [0.4, 0.5) is 0 Å². The van der Waals surface area contributed by atoms with Crippen molar-refractivity contribution in [1.82, 2.24) is 0 Å². The number of rotatable bonds is 5. The minimum absolute atomic E-state index is 0.334. The van der Waals surface area contributed by atoms with Crippen molar-refractivity contribution in [2.75, 3.05) is 6.61 Å². The van der Waals surface area contributed by atoms with Gasteiger partial charge in [0.15, 0.2) is 0 Å². The van der Waals surface area contributed by atoms with Crippen LogP contribution in [0.15, 0.2) is 30.3 Å². The van der Waals surface area contributed by atoms with Crippen LogP contribution in [0.5, 0.6) is 5.75 Å². The molecule has 1 aromatic rings. The van der Waals surface area contributed by atoms with E-state index in [2.05, 4.69) is 6.92 Å². The average molecular weight is 262 g/mol. The fourth-order valence-electron chi connectivity index (χ4n) is 1.40. The molecule has 0 radical (unpaired) electrons. The van der Waals surface area contributed by atoms with Crippen molar-refractivity contribution in [3.63, 3.8) is 0 Å². The Balaban J connectivity index is 2.55. The molecule has 0 heterocycles. The Labute approximate surface area is 115 Å². The first kappa shape index (κ1) is 15.3. The molecule has 0 atom stereocenters. The molecule has 1 aromatic carbocycles. The van der Waals surface area contributed by atoms with Crippen molar-refractivity contribution >= 4 is 12.0 Å². The van der Waals surface area contributed by atoms with Crippen LogP contribution in [-0.2, 0) is 9.53 Å². The van der Waals surface area contributed by atoms with E-state index >= 15 is 0 Å². The van der Waals surface area contributed by atoms with E-state index in [1.165, 1.54) is 6.08 Å². The Hall–Kier alpha value is -1.77. The van der Waals surface area contributed by atoms with Crippen LogP contribution in [0.25, 0.3) is 6.08 Å². The number of ether oxygens (including phenoxy) is 2. The van der Waals surface area contributed by atoms with E-state index in [0.717, 1.165) is 17.7 Å². The lowest BCUT2D eigenvalue weighted by Gasteiger charge is -2.17.